The van der Waals surface area contributed by atoms with Gasteiger partial charge >= 0.3 is 17.9 Å². The predicted molar refractivity (Wildman–Crippen MR) is 256 cm³/mol. The van der Waals surface area contributed by atoms with Gasteiger partial charge in [-0.25, -0.2) is 0 Å². The van der Waals surface area contributed by atoms with Crippen LogP contribution >= 0.6 is 0 Å². The van der Waals surface area contributed by atoms with E-state index in [9.17, 15) is 14.4 Å². The topological polar surface area (TPSA) is 101 Å². The van der Waals surface area contributed by atoms with E-state index >= 15 is 0 Å². The van der Waals surface area contributed by atoms with Crippen LogP contribution in [-0.4, -0.2) is 69.9 Å². The second-order valence-electron chi connectivity index (χ2n) is 16.5. The highest BCUT2D eigenvalue weighted by Gasteiger charge is 2.10. The minimum absolute atomic E-state index is 0.0689. The summed E-state index contributed by atoms with van der Waals surface area (Å²) in [7, 11) is 3.94. The van der Waals surface area contributed by atoms with Crippen LogP contribution in [0.5, 0.6) is 11.5 Å². The Balaban J connectivity index is 2.35. The molecule has 0 unspecified atom stereocenters. The van der Waals surface area contributed by atoms with E-state index in [1.807, 2.05) is 19.0 Å². The van der Waals surface area contributed by atoms with Gasteiger partial charge in [0.25, 0.3) is 0 Å². The monoisotopic (exact) mass is 866 g/mol. The molecule has 1 aromatic rings. The molecule has 9 heteroatoms. The van der Waals surface area contributed by atoms with Crippen molar-refractivity contribution < 1.29 is 38.1 Å². The maximum atomic E-state index is 12.4. The minimum atomic E-state index is -0.271. The lowest BCUT2D eigenvalue weighted by molar-refractivity contribution is -0.145. The van der Waals surface area contributed by atoms with E-state index in [2.05, 4.69) is 62.5 Å². The highest BCUT2D eigenvalue weighted by atomic mass is 16.6. The summed E-state index contributed by atoms with van der Waals surface area (Å²) in [6.07, 6.45) is 45.0. The molecule has 0 aliphatic heterocycles. The normalized spacial score (nSPS) is 11.8. The smallest absolute Gasteiger partial charge is 0.306 e. The molecule has 0 saturated heterocycles. The molecule has 0 bridgehead atoms. The molecule has 0 radical (unpaired) electrons. The second kappa shape index (κ2) is 42.5. The van der Waals surface area contributed by atoms with Gasteiger partial charge in [0, 0.05) is 25.3 Å². The Bertz CT molecular complexity index is 1280. The first-order chi connectivity index (χ1) is 30.3. The molecule has 0 aliphatic carbocycles. The molecule has 0 heterocycles. The van der Waals surface area contributed by atoms with Crippen LogP contribution in [0.1, 0.15) is 186 Å². The Morgan fingerprint density at radius 2 is 0.839 bits per heavy atom. The third-order valence-electron chi connectivity index (χ3n) is 10.2. The number of esters is 3. The number of hydrogen-bond acceptors (Lipinski definition) is 9. The summed E-state index contributed by atoms with van der Waals surface area (Å²) in [5, 5.41) is 0. The summed E-state index contributed by atoms with van der Waals surface area (Å²) in [5.41, 5.74) is 0.704. The van der Waals surface area contributed by atoms with Crippen LogP contribution in [0.3, 0.4) is 0 Å². The van der Waals surface area contributed by atoms with Crippen LogP contribution in [0.25, 0.3) is 0 Å². The first-order valence-electron chi connectivity index (χ1n) is 24.4. The number of allylic oxidation sites excluding steroid dienone is 8. The standard InChI is InChI=1S/C53H87NO8/c1-5-7-9-11-13-15-17-19-21-23-25-27-29-31-33-36-51(55)60-42-40-58-49-44-48(47-62-53(57)38-35-39-54(3)4)45-50(46-49)59-41-43-61-52(56)37-34-32-30-28-26-24-22-20-18-16-14-12-10-8-6-2/h13-16,19-22,44-46H,5-12,17-18,23-43,47H2,1-4H3/b15-13-,16-14-,21-19-,22-20-. The maximum absolute atomic E-state index is 12.4. The molecule has 9 nitrogen and oxygen atoms in total. The molecule has 0 spiro atoms. The van der Waals surface area contributed by atoms with Crippen molar-refractivity contribution >= 4 is 17.9 Å². The van der Waals surface area contributed by atoms with Crippen LogP contribution in [0.4, 0.5) is 0 Å². The van der Waals surface area contributed by atoms with Crippen LogP contribution < -0.4 is 9.47 Å². The highest BCUT2D eigenvalue weighted by Crippen LogP contribution is 2.24. The maximum Gasteiger partial charge on any atom is 0.306 e. The van der Waals surface area contributed by atoms with Gasteiger partial charge in [0.1, 0.15) is 44.5 Å². The molecular formula is C53H87NO8. The van der Waals surface area contributed by atoms with E-state index in [1.165, 1.54) is 77.0 Å². The predicted octanol–water partition coefficient (Wildman–Crippen LogP) is 13.5. The summed E-state index contributed by atoms with van der Waals surface area (Å²) < 4.78 is 28.2. The minimum Gasteiger partial charge on any atom is -0.490 e. The zero-order valence-corrected chi connectivity index (χ0v) is 39.7. The van der Waals surface area contributed by atoms with E-state index in [0.717, 1.165) is 70.8 Å². The molecule has 0 saturated carbocycles. The quantitative estimate of drug-likeness (QED) is 0.0275. The summed E-state index contributed by atoms with van der Waals surface area (Å²) in [6, 6.07) is 5.31. The lowest BCUT2D eigenvalue weighted by Crippen LogP contribution is -2.15. The van der Waals surface area contributed by atoms with Crippen molar-refractivity contribution in [2.45, 2.75) is 187 Å². The van der Waals surface area contributed by atoms with E-state index < -0.39 is 0 Å². The van der Waals surface area contributed by atoms with Gasteiger partial charge in [-0.05, 0) is 122 Å². The van der Waals surface area contributed by atoms with E-state index in [1.54, 1.807) is 18.2 Å². The van der Waals surface area contributed by atoms with Crippen molar-refractivity contribution in [3.8, 4) is 11.5 Å². The number of carbonyl (C=O) groups is 3. The summed E-state index contributed by atoms with van der Waals surface area (Å²) in [5.74, 6) is 0.299. The van der Waals surface area contributed by atoms with Gasteiger partial charge in [0.15, 0.2) is 0 Å². The molecule has 0 fully saturated rings. The van der Waals surface area contributed by atoms with Crippen molar-refractivity contribution in [1.29, 1.82) is 0 Å². The van der Waals surface area contributed by atoms with E-state index in [0.29, 0.717) is 42.7 Å². The Morgan fingerprint density at radius 3 is 1.27 bits per heavy atom. The molecular weight excluding hydrogens is 779 g/mol. The second-order valence-corrected chi connectivity index (χ2v) is 16.5. The van der Waals surface area contributed by atoms with Crippen molar-refractivity contribution in [2.75, 3.05) is 47.1 Å². The average molecular weight is 866 g/mol. The molecule has 0 aliphatic rings. The molecule has 352 valence electrons. The Morgan fingerprint density at radius 1 is 0.452 bits per heavy atom. The van der Waals surface area contributed by atoms with Gasteiger partial charge in [-0.1, -0.05) is 127 Å². The zero-order chi connectivity index (χ0) is 45.0. The Kier molecular flexibility index (Phi) is 38.5. The third kappa shape index (κ3) is 37.9. The zero-order valence-electron chi connectivity index (χ0n) is 39.7. The summed E-state index contributed by atoms with van der Waals surface area (Å²) >= 11 is 0. The van der Waals surface area contributed by atoms with Crippen LogP contribution in [0.15, 0.2) is 66.8 Å². The van der Waals surface area contributed by atoms with Crippen LogP contribution in [0.2, 0.25) is 0 Å². The summed E-state index contributed by atoms with van der Waals surface area (Å²) in [4.78, 5) is 39.0. The molecule has 0 N–H and O–H groups in total. The Labute approximate surface area is 378 Å². The molecule has 1 aromatic carbocycles. The van der Waals surface area contributed by atoms with Gasteiger partial charge in [-0.2, -0.15) is 0 Å². The van der Waals surface area contributed by atoms with Crippen LogP contribution in [0, 0.1) is 0 Å². The largest absolute Gasteiger partial charge is 0.490 e. The summed E-state index contributed by atoms with van der Waals surface area (Å²) in [6.45, 7) is 5.95. The molecule has 1 rings (SSSR count). The molecule has 0 atom stereocenters. The van der Waals surface area contributed by atoms with Crippen molar-refractivity contribution in [2.24, 2.45) is 0 Å². The fourth-order valence-electron chi connectivity index (χ4n) is 6.59. The lowest BCUT2D eigenvalue weighted by atomic mass is 10.1. The number of carbonyl (C=O) groups excluding carboxylic acids is 3. The number of unbranched alkanes of at least 4 members (excludes halogenated alkanes) is 16. The van der Waals surface area contributed by atoms with Crippen molar-refractivity contribution in [1.82, 2.24) is 4.90 Å². The molecule has 0 aromatic heterocycles. The lowest BCUT2D eigenvalue weighted by Gasteiger charge is -2.14. The fourth-order valence-corrected chi connectivity index (χ4v) is 6.59. The molecule has 62 heavy (non-hydrogen) atoms. The van der Waals surface area contributed by atoms with Gasteiger partial charge in [-0.15, -0.1) is 0 Å². The number of benzene rings is 1. The number of hydrogen-bond donors (Lipinski definition) is 0. The number of nitrogens with zero attached hydrogens (tertiary/aromatic N) is 1. The fraction of sp³-hybridized carbons (Fsp3) is 0.679. The van der Waals surface area contributed by atoms with E-state index in [-0.39, 0.29) is 50.9 Å². The average Bonchev–Trinajstić information content (AvgIpc) is 3.25. The van der Waals surface area contributed by atoms with Gasteiger partial charge in [0.2, 0.25) is 0 Å². The van der Waals surface area contributed by atoms with Crippen LogP contribution in [-0.2, 0) is 35.2 Å². The highest BCUT2D eigenvalue weighted by molar-refractivity contribution is 5.70. The first-order valence-corrected chi connectivity index (χ1v) is 24.4. The van der Waals surface area contributed by atoms with Gasteiger partial charge in [0.05, 0.1) is 0 Å². The Hall–Kier alpha value is -3.85. The van der Waals surface area contributed by atoms with Crippen molar-refractivity contribution in [3.05, 3.63) is 72.4 Å². The number of rotatable bonds is 42. The third-order valence-corrected chi connectivity index (χ3v) is 10.2. The first kappa shape index (κ1) is 56.2. The van der Waals surface area contributed by atoms with Gasteiger partial charge in [-0.3, -0.25) is 14.4 Å². The van der Waals surface area contributed by atoms with Gasteiger partial charge < -0.3 is 28.6 Å². The van der Waals surface area contributed by atoms with E-state index in [4.69, 9.17) is 23.7 Å². The van der Waals surface area contributed by atoms with Crippen molar-refractivity contribution in [3.63, 3.8) is 0 Å². The SMILES string of the molecule is CCCCC/C=C\C/C=C\CCCCCCCC(=O)OCCOc1cc(COC(=O)CCCN(C)C)cc(OCCOC(=O)CCCCCCC/C=C\C/C=C\CCCCC)c1. The number of ether oxygens (including phenoxy) is 5. The molecule has 0 amide bonds.